The molecule has 23 heavy (non-hydrogen) atoms. The number of fused-ring (bicyclic) bond motifs is 2. The van der Waals surface area contributed by atoms with Crippen LogP contribution in [0, 0.1) is 10.1 Å². The Kier molecular flexibility index (Phi) is 3.23. The fourth-order valence-corrected chi connectivity index (χ4v) is 3.00. The molecule has 4 rings (SSSR count). The predicted molar refractivity (Wildman–Crippen MR) is 85.0 cm³/mol. The molecule has 116 valence electrons. The molecule has 7 heteroatoms. The van der Waals surface area contributed by atoms with Gasteiger partial charge in [0.25, 0.3) is 5.70 Å². The Balaban J connectivity index is 1.79. The first-order valence-corrected chi connectivity index (χ1v) is 7.63. The molecule has 0 saturated heterocycles. The second-order valence-electron chi connectivity index (χ2n) is 5.12. The second kappa shape index (κ2) is 5.27. The third-order valence-corrected chi connectivity index (χ3v) is 4.19. The van der Waals surface area contributed by atoms with Crippen LogP contribution in [0.2, 0.25) is 0 Å². The highest BCUT2D eigenvalue weighted by Gasteiger charge is 2.34. The molecule has 2 heterocycles. The fourth-order valence-electron chi connectivity index (χ4n) is 2.63. The number of rotatable bonds is 2. The van der Waals surface area contributed by atoms with Crippen molar-refractivity contribution < 1.29 is 19.1 Å². The number of nitrogens with zero attached hydrogens (tertiary/aromatic N) is 1. The quantitative estimate of drug-likeness (QED) is 0.587. The Labute approximate surface area is 139 Å². The van der Waals surface area contributed by atoms with Crippen LogP contribution in [0.4, 0.5) is 0 Å². The first kappa shape index (κ1) is 14.1. The normalized spacial score (nSPS) is 18.0. The molecule has 1 atom stereocenters. The van der Waals surface area contributed by atoms with Gasteiger partial charge in [-0.1, -0.05) is 22.0 Å². The molecule has 2 aromatic rings. The highest BCUT2D eigenvalue weighted by atomic mass is 79.9. The summed E-state index contributed by atoms with van der Waals surface area (Å²) in [7, 11) is 0. The van der Waals surface area contributed by atoms with E-state index < -0.39 is 11.0 Å². The SMILES string of the molecule is O=[N+]([O-])C1=Cc2cc(Br)ccc2O[C@H]1c1ccc2c(c1)OCO2. The minimum absolute atomic E-state index is 0.0190. The van der Waals surface area contributed by atoms with E-state index in [0.717, 1.165) is 4.47 Å². The number of halogens is 1. The van der Waals surface area contributed by atoms with Crippen LogP contribution in [0.5, 0.6) is 17.2 Å². The molecule has 0 aliphatic carbocycles. The van der Waals surface area contributed by atoms with Gasteiger partial charge in [-0.2, -0.15) is 0 Å². The first-order chi connectivity index (χ1) is 11.1. The van der Waals surface area contributed by atoms with Crippen molar-refractivity contribution in [2.45, 2.75) is 6.10 Å². The van der Waals surface area contributed by atoms with Crippen LogP contribution >= 0.6 is 15.9 Å². The number of hydrogen-bond donors (Lipinski definition) is 0. The van der Waals surface area contributed by atoms with Crippen LogP contribution in [0.15, 0.2) is 46.6 Å². The largest absolute Gasteiger partial charge is 0.474 e. The lowest BCUT2D eigenvalue weighted by atomic mass is 10.0. The highest BCUT2D eigenvalue weighted by Crippen LogP contribution is 2.41. The third-order valence-electron chi connectivity index (χ3n) is 3.70. The molecule has 2 aliphatic heterocycles. The molecular formula is C16H10BrNO5. The Morgan fingerprint density at radius 2 is 1.87 bits per heavy atom. The summed E-state index contributed by atoms with van der Waals surface area (Å²) in [6.07, 6.45) is 0.743. The zero-order valence-corrected chi connectivity index (χ0v) is 13.3. The average molecular weight is 376 g/mol. The van der Waals surface area contributed by atoms with Crippen LogP contribution in [0.3, 0.4) is 0 Å². The Bertz CT molecular complexity index is 848. The molecule has 0 unspecified atom stereocenters. The summed E-state index contributed by atoms with van der Waals surface area (Å²) in [6, 6.07) is 10.6. The van der Waals surface area contributed by atoms with E-state index in [1.807, 2.05) is 6.07 Å². The highest BCUT2D eigenvalue weighted by molar-refractivity contribution is 9.10. The van der Waals surface area contributed by atoms with E-state index in [2.05, 4.69) is 15.9 Å². The van der Waals surface area contributed by atoms with Crippen molar-refractivity contribution in [3.8, 4) is 17.2 Å². The minimum atomic E-state index is -0.798. The molecular weight excluding hydrogens is 366 g/mol. The van der Waals surface area contributed by atoms with Crippen molar-refractivity contribution in [3.63, 3.8) is 0 Å². The number of benzene rings is 2. The zero-order valence-electron chi connectivity index (χ0n) is 11.7. The van der Waals surface area contributed by atoms with E-state index in [4.69, 9.17) is 14.2 Å². The standard InChI is InChI=1S/C16H10BrNO5/c17-11-2-4-13-10(5-11)6-12(18(19)20)16(23-13)9-1-3-14-15(7-9)22-8-21-14/h1-7,16H,8H2/t16-/m0/s1. The molecule has 0 spiro atoms. The Hall–Kier alpha value is -2.54. The lowest BCUT2D eigenvalue weighted by molar-refractivity contribution is -0.434. The van der Waals surface area contributed by atoms with Gasteiger partial charge in [0.1, 0.15) is 5.75 Å². The summed E-state index contributed by atoms with van der Waals surface area (Å²) >= 11 is 3.36. The van der Waals surface area contributed by atoms with E-state index in [1.54, 1.807) is 36.4 Å². The predicted octanol–water partition coefficient (Wildman–Crippen LogP) is 3.93. The maximum atomic E-state index is 11.5. The topological polar surface area (TPSA) is 70.8 Å². The van der Waals surface area contributed by atoms with Gasteiger partial charge < -0.3 is 14.2 Å². The van der Waals surface area contributed by atoms with Crippen molar-refractivity contribution in [3.05, 3.63) is 67.8 Å². The van der Waals surface area contributed by atoms with Gasteiger partial charge in [0.05, 0.1) is 4.92 Å². The summed E-state index contributed by atoms with van der Waals surface area (Å²) in [4.78, 5) is 11.0. The van der Waals surface area contributed by atoms with E-state index in [-0.39, 0.29) is 12.5 Å². The number of ether oxygens (including phenoxy) is 3. The van der Waals surface area contributed by atoms with Gasteiger partial charge in [-0.05, 0) is 30.3 Å². The van der Waals surface area contributed by atoms with Gasteiger partial charge in [0.15, 0.2) is 11.5 Å². The van der Waals surface area contributed by atoms with Crippen molar-refractivity contribution in [1.82, 2.24) is 0 Å². The Morgan fingerprint density at radius 3 is 2.70 bits per heavy atom. The van der Waals surface area contributed by atoms with Gasteiger partial charge in [-0.15, -0.1) is 0 Å². The monoisotopic (exact) mass is 375 g/mol. The number of nitro groups is 1. The van der Waals surface area contributed by atoms with Crippen molar-refractivity contribution >= 4 is 22.0 Å². The average Bonchev–Trinajstić information content (AvgIpc) is 3.01. The van der Waals surface area contributed by atoms with Gasteiger partial charge in [-0.3, -0.25) is 10.1 Å². The molecule has 6 nitrogen and oxygen atoms in total. The van der Waals surface area contributed by atoms with E-state index in [9.17, 15) is 10.1 Å². The molecule has 0 bridgehead atoms. The molecule has 2 aliphatic rings. The first-order valence-electron chi connectivity index (χ1n) is 6.83. The number of hydrogen-bond acceptors (Lipinski definition) is 5. The summed E-state index contributed by atoms with van der Waals surface area (Å²) in [5.41, 5.74) is 1.29. The van der Waals surface area contributed by atoms with Crippen LogP contribution in [-0.4, -0.2) is 11.7 Å². The van der Waals surface area contributed by atoms with Crippen LogP contribution in [-0.2, 0) is 0 Å². The van der Waals surface area contributed by atoms with Crippen molar-refractivity contribution in [2.24, 2.45) is 0 Å². The van der Waals surface area contributed by atoms with Gasteiger partial charge in [-0.25, -0.2) is 0 Å². The summed E-state index contributed by atoms with van der Waals surface area (Å²) in [5, 5.41) is 11.5. The molecule has 2 aromatic carbocycles. The summed E-state index contributed by atoms with van der Waals surface area (Å²) in [5.74, 6) is 1.79. The second-order valence-corrected chi connectivity index (χ2v) is 6.03. The van der Waals surface area contributed by atoms with E-state index >= 15 is 0 Å². The van der Waals surface area contributed by atoms with Gasteiger partial charge in [0, 0.05) is 21.7 Å². The molecule has 0 radical (unpaired) electrons. The third kappa shape index (κ3) is 2.43. The maximum Gasteiger partial charge on any atom is 0.291 e. The van der Waals surface area contributed by atoms with Gasteiger partial charge >= 0.3 is 0 Å². The molecule has 0 aromatic heterocycles. The fraction of sp³-hybridized carbons (Fsp3) is 0.125. The van der Waals surface area contributed by atoms with E-state index in [0.29, 0.717) is 28.4 Å². The molecule has 0 fully saturated rings. The smallest absolute Gasteiger partial charge is 0.291 e. The molecule has 0 N–H and O–H groups in total. The van der Waals surface area contributed by atoms with Crippen LogP contribution in [0.1, 0.15) is 17.2 Å². The van der Waals surface area contributed by atoms with Crippen molar-refractivity contribution in [2.75, 3.05) is 6.79 Å². The summed E-state index contributed by atoms with van der Waals surface area (Å²) < 4.78 is 17.3. The lowest BCUT2D eigenvalue weighted by Crippen LogP contribution is -2.19. The van der Waals surface area contributed by atoms with E-state index in [1.165, 1.54) is 0 Å². The van der Waals surface area contributed by atoms with Crippen molar-refractivity contribution in [1.29, 1.82) is 0 Å². The Morgan fingerprint density at radius 1 is 1.09 bits per heavy atom. The maximum absolute atomic E-state index is 11.5. The van der Waals surface area contributed by atoms with Crippen LogP contribution < -0.4 is 14.2 Å². The molecule has 0 amide bonds. The molecule has 0 saturated carbocycles. The van der Waals surface area contributed by atoms with Gasteiger partial charge in [0.2, 0.25) is 12.9 Å². The summed E-state index contributed by atoms with van der Waals surface area (Å²) in [6.45, 7) is 0.152. The lowest BCUT2D eigenvalue weighted by Gasteiger charge is -2.23. The zero-order chi connectivity index (χ0) is 16.0. The van der Waals surface area contributed by atoms with Crippen LogP contribution in [0.25, 0.3) is 6.08 Å². The minimum Gasteiger partial charge on any atom is -0.474 e.